The number of hydrogen-bond donors (Lipinski definition) is 0. The second kappa shape index (κ2) is 6.28. The number of hydrogen-bond acceptors (Lipinski definition) is 3. The van der Waals surface area contributed by atoms with Crippen molar-refractivity contribution < 1.29 is 14.3 Å². The van der Waals surface area contributed by atoms with Gasteiger partial charge in [0.2, 0.25) is 0 Å². The summed E-state index contributed by atoms with van der Waals surface area (Å²) in [5, 5.41) is 0. The third-order valence-electron chi connectivity index (χ3n) is 2.25. The van der Waals surface area contributed by atoms with Crippen LogP contribution in [0.25, 0.3) is 0 Å². The van der Waals surface area contributed by atoms with Gasteiger partial charge in [-0.2, -0.15) is 0 Å². The first kappa shape index (κ1) is 13.6. The van der Waals surface area contributed by atoms with Crippen LogP contribution in [-0.2, 0) is 0 Å². The summed E-state index contributed by atoms with van der Waals surface area (Å²) in [6.45, 7) is 8.23. The molecular weight excluding hydrogens is 216 g/mol. The van der Waals surface area contributed by atoms with Crippen molar-refractivity contribution in [3.8, 4) is 11.5 Å². The molecular formula is C14H20O3. The zero-order valence-corrected chi connectivity index (χ0v) is 10.9. The summed E-state index contributed by atoms with van der Waals surface area (Å²) in [5.74, 6) is 1.44. The number of carbonyl (C=O) groups excluding carboxylic acids is 1. The molecule has 0 atom stereocenters. The molecule has 0 radical (unpaired) electrons. The van der Waals surface area contributed by atoms with E-state index in [9.17, 15) is 4.79 Å². The van der Waals surface area contributed by atoms with Gasteiger partial charge in [-0.3, -0.25) is 4.79 Å². The smallest absolute Gasteiger partial charge is 0.162 e. The molecule has 0 aliphatic heterocycles. The quantitative estimate of drug-likeness (QED) is 0.709. The molecule has 0 N–H and O–H groups in total. The summed E-state index contributed by atoms with van der Waals surface area (Å²) >= 11 is 0. The molecule has 17 heavy (non-hydrogen) atoms. The van der Waals surface area contributed by atoms with E-state index >= 15 is 0 Å². The van der Waals surface area contributed by atoms with Gasteiger partial charge in [0.15, 0.2) is 17.3 Å². The number of rotatable bonds is 6. The van der Waals surface area contributed by atoms with E-state index in [0.717, 1.165) is 0 Å². The zero-order valence-electron chi connectivity index (χ0n) is 10.9. The minimum atomic E-state index is 0.0851. The Kier molecular flexibility index (Phi) is 5.01. The van der Waals surface area contributed by atoms with Crippen LogP contribution in [0, 0.1) is 0 Å². The predicted molar refractivity (Wildman–Crippen MR) is 68.0 cm³/mol. The van der Waals surface area contributed by atoms with Crippen LogP contribution in [-0.4, -0.2) is 18.5 Å². The molecule has 3 nitrogen and oxygen atoms in total. The average Bonchev–Trinajstić information content (AvgIpc) is 2.30. The molecule has 0 bridgehead atoms. The van der Waals surface area contributed by atoms with Gasteiger partial charge >= 0.3 is 0 Å². The first-order valence-electron chi connectivity index (χ1n) is 6.05. The molecule has 0 spiro atoms. The first-order chi connectivity index (χ1) is 8.08. The van der Waals surface area contributed by atoms with Gasteiger partial charge in [-0.15, -0.1) is 0 Å². The average molecular weight is 236 g/mol. The van der Waals surface area contributed by atoms with E-state index in [1.807, 2.05) is 27.7 Å². The van der Waals surface area contributed by atoms with E-state index in [2.05, 4.69) is 0 Å². The molecule has 0 fully saturated rings. The summed E-state index contributed by atoms with van der Waals surface area (Å²) < 4.78 is 11.1. The summed E-state index contributed by atoms with van der Waals surface area (Å²) in [5.41, 5.74) is 0.673. The normalized spacial score (nSPS) is 10.4. The topological polar surface area (TPSA) is 35.5 Å². The molecule has 0 saturated carbocycles. The van der Waals surface area contributed by atoms with E-state index < -0.39 is 0 Å². The molecule has 0 saturated heterocycles. The SMILES string of the molecule is CCOc1cc(C(=O)CC)ccc1OC(C)C. The Morgan fingerprint density at radius 2 is 1.94 bits per heavy atom. The van der Waals surface area contributed by atoms with Gasteiger partial charge in [0, 0.05) is 12.0 Å². The third kappa shape index (κ3) is 3.77. The van der Waals surface area contributed by atoms with Crippen LogP contribution in [0.1, 0.15) is 44.5 Å². The highest BCUT2D eigenvalue weighted by atomic mass is 16.5. The highest BCUT2D eigenvalue weighted by Gasteiger charge is 2.11. The second-order valence-electron chi connectivity index (χ2n) is 4.04. The largest absolute Gasteiger partial charge is 0.490 e. The van der Waals surface area contributed by atoms with Crippen molar-refractivity contribution in [2.45, 2.75) is 40.2 Å². The molecule has 0 aliphatic carbocycles. The van der Waals surface area contributed by atoms with Gasteiger partial charge in [0.05, 0.1) is 12.7 Å². The summed E-state index contributed by atoms with van der Waals surface area (Å²) in [4.78, 5) is 11.6. The maximum absolute atomic E-state index is 11.6. The third-order valence-corrected chi connectivity index (χ3v) is 2.25. The predicted octanol–water partition coefficient (Wildman–Crippen LogP) is 3.47. The Bertz CT molecular complexity index is 383. The number of ketones is 1. The Balaban J connectivity index is 3.03. The molecule has 0 amide bonds. The number of ether oxygens (including phenoxy) is 2. The molecule has 1 aromatic rings. The standard InChI is InChI=1S/C14H20O3/c1-5-12(15)11-7-8-13(17-10(3)4)14(9-11)16-6-2/h7-10H,5-6H2,1-4H3. The van der Waals surface area contributed by atoms with Gasteiger partial charge in [-0.25, -0.2) is 0 Å². The van der Waals surface area contributed by atoms with Crippen molar-refractivity contribution in [3.63, 3.8) is 0 Å². The monoisotopic (exact) mass is 236 g/mol. The summed E-state index contributed by atoms with van der Waals surface area (Å²) in [7, 11) is 0. The summed E-state index contributed by atoms with van der Waals surface area (Å²) in [6, 6.07) is 5.34. The number of benzene rings is 1. The van der Waals surface area contributed by atoms with Crippen LogP contribution in [0.3, 0.4) is 0 Å². The highest BCUT2D eigenvalue weighted by Crippen LogP contribution is 2.29. The fourth-order valence-electron chi connectivity index (χ4n) is 1.51. The highest BCUT2D eigenvalue weighted by molar-refractivity contribution is 5.96. The lowest BCUT2D eigenvalue weighted by molar-refractivity contribution is 0.0987. The molecule has 1 aromatic carbocycles. The van der Waals surface area contributed by atoms with Crippen molar-refractivity contribution >= 4 is 5.78 Å². The van der Waals surface area contributed by atoms with Gasteiger partial charge in [0.25, 0.3) is 0 Å². The molecule has 0 heterocycles. The second-order valence-corrected chi connectivity index (χ2v) is 4.04. The molecule has 0 aromatic heterocycles. The van der Waals surface area contributed by atoms with Crippen LogP contribution >= 0.6 is 0 Å². The number of carbonyl (C=O) groups is 1. The maximum Gasteiger partial charge on any atom is 0.162 e. The Labute approximate surface area is 103 Å². The van der Waals surface area contributed by atoms with E-state index in [4.69, 9.17) is 9.47 Å². The van der Waals surface area contributed by atoms with Crippen LogP contribution in [0.15, 0.2) is 18.2 Å². The van der Waals surface area contributed by atoms with Crippen LogP contribution in [0.2, 0.25) is 0 Å². The Morgan fingerprint density at radius 1 is 1.24 bits per heavy atom. The van der Waals surface area contributed by atoms with Crippen molar-refractivity contribution in [2.24, 2.45) is 0 Å². The Morgan fingerprint density at radius 3 is 2.47 bits per heavy atom. The molecule has 94 valence electrons. The van der Waals surface area contributed by atoms with Crippen molar-refractivity contribution in [2.75, 3.05) is 6.61 Å². The van der Waals surface area contributed by atoms with Crippen molar-refractivity contribution in [1.82, 2.24) is 0 Å². The van der Waals surface area contributed by atoms with Crippen LogP contribution in [0.4, 0.5) is 0 Å². The van der Waals surface area contributed by atoms with E-state index in [1.54, 1.807) is 18.2 Å². The minimum Gasteiger partial charge on any atom is -0.490 e. The maximum atomic E-state index is 11.6. The van der Waals surface area contributed by atoms with Gasteiger partial charge < -0.3 is 9.47 Å². The minimum absolute atomic E-state index is 0.0851. The summed E-state index contributed by atoms with van der Waals surface area (Å²) in [6.07, 6.45) is 0.581. The van der Waals surface area contributed by atoms with Crippen molar-refractivity contribution in [3.05, 3.63) is 23.8 Å². The molecule has 0 aliphatic rings. The lowest BCUT2D eigenvalue weighted by atomic mass is 10.1. The fraction of sp³-hybridized carbons (Fsp3) is 0.500. The van der Waals surface area contributed by atoms with E-state index in [-0.39, 0.29) is 11.9 Å². The lowest BCUT2D eigenvalue weighted by Gasteiger charge is -2.15. The first-order valence-corrected chi connectivity index (χ1v) is 6.05. The molecule has 3 heteroatoms. The van der Waals surface area contributed by atoms with Gasteiger partial charge in [0.1, 0.15) is 0 Å². The van der Waals surface area contributed by atoms with E-state index in [0.29, 0.717) is 30.1 Å². The number of Topliss-reactive ketones (excluding diaryl/α,β-unsaturated/α-hetero) is 1. The lowest BCUT2D eigenvalue weighted by Crippen LogP contribution is -2.08. The Hall–Kier alpha value is -1.51. The zero-order chi connectivity index (χ0) is 12.8. The fourth-order valence-corrected chi connectivity index (χ4v) is 1.51. The van der Waals surface area contributed by atoms with Crippen molar-refractivity contribution in [1.29, 1.82) is 0 Å². The van der Waals surface area contributed by atoms with Crippen LogP contribution < -0.4 is 9.47 Å². The van der Waals surface area contributed by atoms with Crippen LogP contribution in [0.5, 0.6) is 11.5 Å². The molecule has 1 rings (SSSR count). The molecule has 0 unspecified atom stereocenters. The van der Waals surface area contributed by atoms with Gasteiger partial charge in [-0.1, -0.05) is 6.92 Å². The van der Waals surface area contributed by atoms with Gasteiger partial charge in [-0.05, 0) is 39.0 Å². The van der Waals surface area contributed by atoms with E-state index in [1.165, 1.54) is 0 Å².